The molecule has 10 heteroatoms. The summed E-state index contributed by atoms with van der Waals surface area (Å²) in [6.45, 7) is 8.85. The zero-order valence-corrected chi connectivity index (χ0v) is 18.1. The number of halogens is 3. The maximum atomic E-state index is 11.6. The fourth-order valence-corrected chi connectivity index (χ4v) is 4.01. The highest BCUT2D eigenvalue weighted by molar-refractivity contribution is 9.13. The second-order valence-corrected chi connectivity index (χ2v) is 7.92. The summed E-state index contributed by atoms with van der Waals surface area (Å²) in [5, 5.41) is 15.0. The molecule has 1 aromatic heterocycles. The van der Waals surface area contributed by atoms with E-state index in [1.165, 1.54) is 0 Å². The van der Waals surface area contributed by atoms with Crippen molar-refractivity contribution < 1.29 is 4.92 Å². The van der Waals surface area contributed by atoms with Gasteiger partial charge in [0.05, 0.1) is 10.4 Å². The molecule has 2 aromatic rings. The molecule has 1 atom stereocenters. The Morgan fingerprint density at radius 1 is 1.44 bits per heavy atom. The van der Waals surface area contributed by atoms with Gasteiger partial charge in [-0.3, -0.25) is 10.1 Å². The van der Waals surface area contributed by atoms with E-state index in [2.05, 4.69) is 67.4 Å². The summed E-state index contributed by atoms with van der Waals surface area (Å²) in [5.41, 5.74) is 1.19. The smallest absolute Gasteiger partial charge is 0.312 e. The summed E-state index contributed by atoms with van der Waals surface area (Å²) >= 11 is 6.74. The molecule has 0 amide bonds. The largest absolute Gasteiger partial charge is 0.337 e. The van der Waals surface area contributed by atoms with Gasteiger partial charge in [-0.1, -0.05) is 0 Å². The first-order chi connectivity index (χ1) is 11.3. The number of nitro groups is 1. The van der Waals surface area contributed by atoms with Gasteiger partial charge in [0.15, 0.2) is 5.52 Å². The molecule has 138 valence electrons. The SMILES string of the molecule is CC(C)n1c(N2CCNC[C@@H]2C)nc2c([N+](=O)[O-])c(Br)c(Br)cc21.Cl. The Balaban J connectivity index is 0.00000225. The van der Waals surface area contributed by atoms with Gasteiger partial charge in [0, 0.05) is 36.2 Å². The Morgan fingerprint density at radius 3 is 2.68 bits per heavy atom. The van der Waals surface area contributed by atoms with Crippen LogP contribution in [0.2, 0.25) is 0 Å². The lowest BCUT2D eigenvalue weighted by atomic mass is 10.2. The lowest BCUT2D eigenvalue weighted by Gasteiger charge is -2.35. The molecule has 2 heterocycles. The van der Waals surface area contributed by atoms with Gasteiger partial charge in [-0.25, -0.2) is 4.98 Å². The zero-order chi connectivity index (χ0) is 17.6. The van der Waals surface area contributed by atoms with Crippen molar-refractivity contribution in [2.45, 2.75) is 32.9 Å². The molecule has 1 fully saturated rings. The maximum absolute atomic E-state index is 11.6. The van der Waals surface area contributed by atoms with Crippen LogP contribution in [0.5, 0.6) is 0 Å². The van der Waals surface area contributed by atoms with Crippen LogP contribution in [-0.4, -0.2) is 40.2 Å². The quantitative estimate of drug-likeness (QED) is 0.506. The van der Waals surface area contributed by atoms with E-state index in [0.717, 1.165) is 31.1 Å². The van der Waals surface area contributed by atoms with E-state index in [4.69, 9.17) is 4.98 Å². The number of piperazine rings is 1. The number of nitrogens with one attached hydrogen (secondary N) is 1. The van der Waals surface area contributed by atoms with Crippen molar-refractivity contribution in [3.05, 3.63) is 25.1 Å². The van der Waals surface area contributed by atoms with Crippen LogP contribution in [0, 0.1) is 10.1 Å². The number of aromatic nitrogens is 2. The lowest BCUT2D eigenvalue weighted by Crippen LogP contribution is -2.50. The van der Waals surface area contributed by atoms with E-state index in [1.807, 2.05) is 6.07 Å². The Labute approximate surface area is 169 Å². The van der Waals surface area contributed by atoms with Crippen molar-refractivity contribution in [1.82, 2.24) is 14.9 Å². The zero-order valence-electron chi connectivity index (χ0n) is 14.1. The normalized spacial score (nSPS) is 17.8. The maximum Gasteiger partial charge on any atom is 0.312 e. The van der Waals surface area contributed by atoms with Crippen molar-refractivity contribution in [1.29, 1.82) is 0 Å². The van der Waals surface area contributed by atoms with Crippen molar-refractivity contribution in [2.75, 3.05) is 24.5 Å². The average molecular weight is 498 g/mol. The van der Waals surface area contributed by atoms with Crippen molar-refractivity contribution in [2.24, 2.45) is 0 Å². The Kier molecular flexibility index (Phi) is 6.35. The molecule has 0 bridgehead atoms. The van der Waals surface area contributed by atoms with Crippen LogP contribution in [0.3, 0.4) is 0 Å². The van der Waals surface area contributed by atoms with E-state index < -0.39 is 0 Å². The molecule has 1 aromatic carbocycles. The van der Waals surface area contributed by atoms with Gasteiger partial charge in [0.1, 0.15) is 4.47 Å². The second-order valence-electron chi connectivity index (χ2n) is 6.27. The molecular formula is C15H20Br2ClN5O2. The number of nitro benzene ring substituents is 1. The van der Waals surface area contributed by atoms with Crippen molar-refractivity contribution in [3.63, 3.8) is 0 Å². The van der Waals surface area contributed by atoms with E-state index in [1.54, 1.807) is 0 Å². The monoisotopic (exact) mass is 495 g/mol. The Bertz CT molecular complexity index is 811. The molecule has 0 unspecified atom stereocenters. The van der Waals surface area contributed by atoms with Crippen molar-refractivity contribution in [3.8, 4) is 0 Å². The third-order valence-corrected chi connectivity index (χ3v) is 6.25. The Morgan fingerprint density at radius 2 is 2.12 bits per heavy atom. The summed E-state index contributed by atoms with van der Waals surface area (Å²) in [5.74, 6) is 0.794. The van der Waals surface area contributed by atoms with Crippen LogP contribution in [0.1, 0.15) is 26.8 Å². The highest BCUT2D eigenvalue weighted by atomic mass is 79.9. The minimum absolute atomic E-state index is 0. The van der Waals surface area contributed by atoms with E-state index in [-0.39, 0.29) is 35.1 Å². The fraction of sp³-hybridized carbons (Fsp3) is 0.533. The number of nitrogens with zero attached hydrogens (tertiary/aromatic N) is 4. The first-order valence-electron chi connectivity index (χ1n) is 7.84. The molecule has 7 nitrogen and oxygen atoms in total. The highest BCUT2D eigenvalue weighted by Gasteiger charge is 2.30. The summed E-state index contributed by atoms with van der Waals surface area (Å²) in [7, 11) is 0. The number of fused-ring (bicyclic) bond motifs is 1. The number of hydrogen-bond donors (Lipinski definition) is 1. The molecule has 1 saturated heterocycles. The minimum Gasteiger partial charge on any atom is -0.337 e. The number of anilines is 1. The number of hydrogen-bond acceptors (Lipinski definition) is 5. The Hall–Kier alpha value is -0.900. The molecule has 3 rings (SSSR count). The second kappa shape index (κ2) is 7.77. The highest BCUT2D eigenvalue weighted by Crippen LogP contribution is 2.41. The van der Waals surface area contributed by atoms with Gasteiger partial charge in [-0.2, -0.15) is 0 Å². The third-order valence-electron chi connectivity index (χ3n) is 4.29. The average Bonchev–Trinajstić information content (AvgIpc) is 2.86. The summed E-state index contributed by atoms with van der Waals surface area (Å²) < 4.78 is 3.16. The van der Waals surface area contributed by atoms with Gasteiger partial charge >= 0.3 is 5.69 Å². The van der Waals surface area contributed by atoms with Gasteiger partial charge in [0.2, 0.25) is 5.95 Å². The first kappa shape index (κ1) is 20.4. The number of imidazole rings is 1. The molecular weight excluding hydrogens is 477 g/mol. The minimum atomic E-state index is -0.375. The molecule has 25 heavy (non-hydrogen) atoms. The number of rotatable bonds is 3. The molecule has 1 aliphatic rings. The topological polar surface area (TPSA) is 76.2 Å². The van der Waals surface area contributed by atoms with Gasteiger partial charge in [-0.05, 0) is 58.7 Å². The summed E-state index contributed by atoms with van der Waals surface area (Å²) in [4.78, 5) is 18.1. The molecule has 0 saturated carbocycles. The first-order valence-corrected chi connectivity index (χ1v) is 9.43. The van der Waals surface area contributed by atoms with Crippen LogP contribution in [-0.2, 0) is 0 Å². The predicted molar refractivity (Wildman–Crippen MR) is 109 cm³/mol. The fourth-order valence-electron chi connectivity index (χ4n) is 3.16. The van der Waals surface area contributed by atoms with Gasteiger partial charge in [0.25, 0.3) is 0 Å². The van der Waals surface area contributed by atoms with Crippen LogP contribution in [0.15, 0.2) is 15.0 Å². The summed E-state index contributed by atoms with van der Waals surface area (Å²) in [6, 6.07) is 2.31. The van der Waals surface area contributed by atoms with Crippen LogP contribution < -0.4 is 10.2 Å². The molecule has 1 aliphatic heterocycles. The predicted octanol–water partition coefficient (Wildman–Crippen LogP) is 4.27. The summed E-state index contributed by atoms with van der Waals surface area (Å²) in [6.07, 6.45) is 0. The standard InChI is InChI=1S/C15H19Br2N5O2.ClH/c1-8(2)21-11-6-10(16)12(17)14(22(23)24)13(11)19-15(21)20-5-4-18-7-9(20)3;/h6,8-9,18H,4-5,7H2,1-3H3;1H/t9-;/m0./s1. The van der Waals surface area contributed by atoms with E-state index in [9.17, 15) is 10.1 Å². The van der Waals surface area contributed by atoms with Crippen molar-refractivity contribution >= 4 is 66.9 Å². The van der Waals surface area contributed by atoms with Crippen LogP contribution in [0.4, 0.5) is 11.6 Å². The molecule has 0 aliphatic carbocycles. The third kappa shape index (κ3) is 3.51. The lowest BCUT2D eigenvalue weighted by molar-refractivity contribution is -0.384. The van der Waals surface area contributed by atoms with E-state index in [0.29, 0.717) is 14.5 Å². The molecule has 1 N–H and O–H groups in total. The van der Waals surface area contributed by atoms with Gasteiger partial charge < -0.3 is 14.8 Å². The van der Waals surface area contributed by atoms with Crippen LogP contribution >= 0.6 is 44.3 Å². The number of benzene rings is 1. The van der Waals surface area contributed by atoms with Gasteiger partial charge in [-0.15, -0.1) is 12.4 Å². The molecule has 0 spiro atoms. The van der Waals surface area contributed by atoms with Crippen LogP contribution in [0.25, 0.3) is 11.0 Å². The molecule has 0 radical (unpaired) electrons. The van der Waals surface area contributed by atoms with E-state index >= 15 is 0 Å².